The Hall–Kier alpha value is -2.18. The number of hydrogen-bond donors (Lipinski definition) is 1. The summed E-state index contributed by atoms with van der Waals surface area (Å²) in [6.45, 7) is 1.99. The predicted molar refractivity (Wildman–Crippen MR) is 95.9 cm³/mol. The van der Waals surface area contributed by atoms with Crippen LogP contribution in [-0.4, -0.2) is 50.0 Å². The normalized spacial score (nSPS) is 11.0. The Morgan fingerprint density at radius 2 is 2.08 bits per heavy atom. The molecule has 0 fully saturated rings. The number of carbonyl (C=O) groups excluding carboxylic acids is 2. The number of rotatable bonds is 8. The molecule has 12 heteroatoms. The van der Waals surface area contributed by atoms with Gasteiger partial charge in [0.1, 0.15) is 0 Å². The molecule has 0 radical (unpaired) electrons. The number of ether oxygens (including phenoxy) is 2. The molecule has 0 unspecified atom stereocenters. The van der Waals surface area contributed by atoms with Crippen LogP contribution in [0, 0.1) is 0 Å². The van der Waals surface area contributed by atoms with Gasteiger partial charge in [0.05, 0.1) is 29.9 Å². The third kappa shape index (κ3) is 5.41. The van der Waals surface area contributed by atoms with E-state index in [0.717, 1.165) is 23.1 Å². The molecule has 0 atom stereocenters. The fourth-order valence-corrected chi connectivity index (χ4v) is 4.54. The van der Waals surface area contributed by atoms with Gasteiger partial charge in [0.2, 0.25) is 5.13 Å². The Morgan fingerprint density at radius 3 is 2.77 bits per heavy atom. The topological polar surface area (TPSA) is 125 Å². The zero-order valence-electron chi connectivity index (χ0n) is 13.8. The second-order valence-electron chi connectivity index (χ2n) is 4.59. The quantitative estimate of drug-likeness (QED) is 0.505. The van der Waals surface area contributed by atoms with Crippen LogP contribution in [0.3, 0.4) is 0 Å². The molecule has 0 bridgehead atoms. The van der Waals surface area contributed by atoms with Gasteiger partial charge < -0.3 is 9.47 Å². The largest absolute Gasteiger partial charge is 0.465 e. The molecule has 9 nitrogen and oxygen atoms in total. The van der Waals surface area contributed by atoms with Gasteiger partial charge in [-0.15, -0.1) is 10.2 Å². The molecule has 140 valence electrons. The molecule has 0 aliphatic carbocycles. The zero-order valence-corrected chi connectivity index (χ0v) is 16.2. The monoisotopic (exact) mass is 417 g/mol. The molecule has 1 N–H and O–H groups in total. The number of nitrogens with one attached hydrogen (secondary N) is 1. The van der Waals surface area contributed by atoms with E-state index in [1.165, 1.54) is 31.4 Å². The molecular formula is C14H15N3O6S3. The molecule has 1 heterocycles. The number of hydrogen-bond acceptors (Lipinski definition) is 10. The second kappa shape index (κ2) is 8.96. The summed E-state index contributed by atoms with van der Waals surface area (Å²) >= 11 is 2.08. The summed E-state index contributed by atoms with van der Waals surface area (Å²) in [4.78, 5) is 22.7. The van der Waals surface area contributed by atoms with Crippen LogP contribution in [0.25, 0.3) is 0 Å². The van der Waals surface area contributed by atoms with E-state index in [1.54, 1.807) is 6.92 Å². The number of aromatic nitrogens is 2. The van der Waals surface area contributed by atoms with Gasteiger partial charge in [-0.25, -0.2) is 13.2 Å². The highest BCUT2D eigenvalue weighted by atomic mass is 32.2. The summed E-state index contributed by atoms with van der Waals surface area (Å²) in [6, 6.07) is 5.42. The maximum atomic E-state index is 12.4. The van der Waals surface area contributed by atoms with Crippen LogP contribution in [0.1, 0.15) is 17.3 Å². The summed E-state index contributed by atoms with van der Waals surface area (Å²) in [5.41, 5.74) is 0.110. The van der Waals surface area contributed by atoms with E-state index in [4.69, 9.17) is 4.74 Å². The van der Waals surface area contributed by atoms with Crippen LogP contribution in [-0.2, 0) is 24.3 Å². The summed E-state index contributed by atoms with van der Waals surface area (Å²) in [6.07, 6.45) is 0. The number of sulfonamides is 1. The molecule has 0 aliphatic rings. The number of methoxy groups -OCH3 is 1. The molecule has 2 rings (SSSR count). The van der Waals surface area contributed by atoms with Gasteiger partial charge in [0.25, 0.3) is 10.0 Å². The van der Waals surface area contributed by atoms with Gasteiger partial charge in [0, 0.05) is 0 Å². The number of esters is 2. The molecule has 0 saturated heterocycles. The van der Waals surface area contributed by atoms with Gasteiger partial charge in [0.15, 0.2) is 4.34 Å². The molecule has 1 aromatic carbocycles. The highest BCUT2D eigenvalue weighted by molar-refractivity contribution is 8.01. The van der Waals surface area contributed by atoms with Crippen LogP contribution < -0.4 is 4.72 Å². The fourth-order valence-electron chi connectivity index (χ4n) is 1.71. The SMILES string of the molecule is CCOC(=O)CSc1nnc(NS(=O)(=O)c2cccc(C(=O)OC)c2)s1. The summed E-state index contributed by atoms with van der Waals surface area (Å²) in [7, 11) is -2.75. The maximum Gasteiger partial charge on any atom is 0.337 e. The molecule has 1 aromatic heterocycles. The number of thioether (sulfide) groups is 1. The van der Waals surface area contributed by atoms with E-state index in [-0.39, 0.29) is 28.0 Å². The Kier molecular flexibility index (Phi) is 6.94. The van der Waals surface area contributed by atoms with Crippen LogP contribution in [0.5, 0.6) is 0 Å². The van der Waals surface area contributed by atoms with Crippen molar-refractivity contribution in [3.63, 3.8) is 0 Å². The Balaban J connectivity index is 2.08. The molecule has 0 saturated carbocycles. The average Bonchev–Trinajstić information content (AvgIpc) is 3.06. The molecule has 26 heavy (non-hydrogen) atoms. The van der Waals surface area contributed by atoms with Crippen LogP contribution >= 0.6 is 23.1 Å². The first-order valence-corrected chi connectivity index (χ1v) is 10.5. The predicted octanol–water partition coefficient (Wildman–Crippen LogP) is 1.78. The highest BCUT2D eigenvalue weighted by Gasteiger charge is 2.19. The minimum atomic E-state index is -3.95. The molecule has 0 spiro atoms. The van der Waals surface area contributed by atoms with Crippen molar-refractivity contribution in [1.29, 1.82) is 0 Å². The lowest BCUT2D eigenvalue weighted by Crippen LogP contribution is -2.13. The van der Waals surface area contributed by atoms with Crippen molar-refractivity contribution in [3.05, 3.63) is 29.8 Å². The van der Waals surface area contributed by atoms with Gasteiger partial charge in [-0.3, -0.25) is 9.52 Å². The molecule has 0 amide bonds. The van der Waals surface area contributed by atoms with Gasteiger partial charge >= 0.3 is 11.9 Å². The smallest absolute Gasteiger partial charge is 0.337 e. The zero-order chi connectivity index (χ0) is 19.2. The molecule has 0 aliphatic heterocycles. The lowest BCUT2D eigenvalue weighted by molar-refractivity contribution is -0.139. The Morgan fingerprint density at radius 1 is 1.31 bits per heavy atom. The lowest BCUT2D eigenvalue weighted by atomic mass is 10.2. The van der Waals surface area contributed by atoms with Crippen molar-refractivity contribution in [2.24, 2.45) is 0 Å². The standard InChI is InChI=1S/C14H15N3O6S3/c1-3-23-11(18)8-24-14-16-15-13(25-14)17-26(20,21)10-6-4-5-9(7-10)12(19)22-2/h4-7H,3,8H2,1-2H3,(H,15,17). The average molecular weight is 417 g/mol. The van der Waals surface area contributed by atoms with E-state index in [2.05, 4.69) is 19.7 Å². The van der Waals surface area contributed by atoms with Crippen molar-refractivity contribution < 1.29 is 27.5 Å². The van der Waals surface area contributed by atoms with Crippen LogP contribution in [0.15, 0.2) is 33.5 Å². The summed E-state index contributed by atoms with van der Waals surface area (Å²) < 4.78 is 36.9. The third-order valence-corrected chi connectivity index (χ3v) is 6.22. The van der Waals surface area contributed by atoms with E-state index >= 15 is 0 Å². The van der Waals surface area contributed by atoms with Crippen LogP contribution in [0.2, 0.25) is 0 Å². The number of carbonyl (C=O) groups is 2. The van der Waals surface area contributed by atoms with Crippen molar-refractivity contribution in [1.82, 2.24) is 10.2 Å². The minimum Gasteiger partial charge on any atom is -0.465 e. The molecule has 2 aromatic rings. The van der Waals surface area contributed by atoms with Crippen molar-refractivity contribution in [3.8, 4) is 0 Å². The first-order valence-electron chi connectivity index (χ1n) is 7.19. The van der Waals surface area contributed by atoms with E-state index in [9.17, 15) is 18.0 Å². The van der Waals surface area contributed by atoms with Gasteiger partial charge in [-0.1, -0.05) is 29.2 Å². The van der Waals surface area contributed by atoms with Gasteiger partial charge in [-0.2, -0.15) is 0 Å². The first kappa shape index (κ1) is 20.1. The molecular weight excluding hydrogens is 402 g/mol. The fraction of sp³-hybridized carbons (Fsp3) is 0.286. The summed E-state index contributed by atoms with van der Waals surface area (Å²) in [5.74, 6) is -0.985. The van der Waals surface area contributed by atoms with Gasteiger partial charge in [-0.05, 0) is 25.1 Å². The lowest BCUT2D eigenvalue weighted by Gasteiger charge is -2.06. The van der Waals surface area contributed by atoms with Crippen molar-refractivity contribution in [2.45, 2.75) is 16.2 Å². The number of nitrogens with zero attached hydrogens (tertiary/aromatic N) is 2. The van der Waals surface area contributed by atoms with E-state index in [1.807, 2.05) is 0 Å². The highest BCUT2D eigenvalue weighted by Crippen LogP contribution is 2.27. The van der Waals surface area contributed by atoms with Crippen molar-refractivity contribution in [2.75, 3.05) is 24.2 Å². The first-order chi connectivity index (χ1) is 12.4. The Labute approximate surface area is 158 Å². The maximum absolute atomic E-state index is 12.4. The number of benzene rings is 1. The van der Waals surface area contributed by atoms with Crippen LogP contribution in [0.4, 0.5) is 5.13 Å². The van der Waals surface area contributed by atoms with E-state index < -0.39 is 22.0 Å². The van der Waals surface area contributed by atoms with Crippen molar-refractivity contribution >= 4 is 50.2 Å². The minimum absolute atomic E-state index is 0.0415. The van der Waals surface area contributed by atoms with E-state index in [0.29, 0.717) is 4.34 Å². The summed E-state index contributed by atoms with van der Waals surface area (Å²) in [5, 5.41) is 7.59. The number of anilines is 1. The second-order valence-corrected chi connectivity index (χ2v) is 8.47. The third-order valence-electron chi connectivity index (χ3n) is 2.81. The Bertz CT molecular complexity index is 897.